The monoisotopic (exact) mass is 544 g/mol. The van der Waals surface area contributed by atoms with Crippen molar-refractivity contribution in [3.63, 3.8) is 0 Å². The van der Waals surface area contributed by atoms with Gasteiger partial charge in [0.25, 0.3) is 0 Å². The molecule has 0 fully saturated rings. The van der Waals surface area contributed by atoms with Crippen LogP contribution >= 0.6 is 0 Å². The quantitative estimate of drug-likeness (QED) is 0.0828. The average molecular weight is 545 g/mol. The van der Waals surface area contributed by atoms with Crippen LogP contribution in [0.5, 0.6) is 0 Å². The molecule has 0 rings (SSSR count). The lowest BCUT2D eigenvalue weighted by Gasteiger charge is -2.28. The van der Waals surface area contributed by atoms with E-state index in [1.807, 2.05) is 13.8 Å². The summed E-state index contributed by atoms with van der Waals surface area (Å²) < 4.78 is 0. The van der Waals surface area contributed by atoms with Gasteiger partial charge in [0.05, 0.1) is 18.8 Å². The zero-order valence-corrected chi connectivity index (χ0v) is 22.7. The molecule has 14 nitrogen and oxygen atoms in total. The molecule has 0 radical (unpaired) electrons. The summed E-state index contributed by atoms with van der Waals surface area (Å²) in [5, 5.41) is 28.9. The molecule has 38 heavy (non-hydrogen) atoms. The molecular formula is C24H44N6O8. The molecule has 0 spiro atoms. The topological polar surface area (TPSA) is 243 Å². The number of aldehydes is 1. The van der Waals surface area contributed by atoms with Crippen LogP contribution in [0.1, 0.15) is 60.3 Å². The molecule has 0 unspecified atom stereocenters. The summed E-state index contributed by atoms with van der Waals surface area (Å²) in [6.07, 6.45) is -0.994. The van der Waals surface area contributed by atoms with Crippen LogP contribution in [0.2, 0.25) is 0 Å². The Morgan fingerprint density at radius 1 is 0.789 bits per heavy atom. The molecule has 0 aromatic carbocycles. The van der Waals surface area contributed by atoms with Gasteiger partial charge < -0.3 is 47.7 Å². The van der Waals surface area contributed by atoms with E-state index in [1.54, 1.807) is 13.8 Å². The molecule has 218 valence electrons. The number of nitrogens with one attached hydrogen (secondary N) is 4. The molecule has 10 N–H and O–H groups in total. The van der Waals surface area contributed by atoms with Gasteiger partial charge in [0.15, 0.2) is 0 Å². The first kappa shape index (κ1) is 34.9. The number of hydrogen-bond acceptors (Lipinski definition) is 9. The number of rotatable bonds is 18. The van der Waals surface area contributed by atoms with Crippen molar-refractivity contribution in [2.45, 2.75) is 96.6 Å². The Kier molecular flexibility index (Phi) is 16.0. The molecule has 6 atom stereocenters. The largest absolute Gasteiger partial charge is 0.394 e. The Hall–Kier alpha value is -3.10. The molecule has 0 aliphatic rings. The fourth-order valence-corrected chi connectivity index (χ4v) is 3.48. The molecule has 14 heteroatoms. The van der Waals surface area contributed by atoms with E-state index in [4.69, 9.17) is 16.6 Å². The highest BCUT2D eigenvalue weighted by atomic mass is 16.3. The molecule has 0 aliphatic carbocycles. The van der Waals surface area contributed by atoms with E-state index in [0.717, 1.165) is 0 Å². The van der Waals surface area contributed by atoms with E-state index in [9.17, 15) is 33.9 Å². The lowest BCUT2D eigenvalue weighted by molar-refractivity contribution is -0.136. The average Bonchev–Trinajstić information content (AvgIpc) is 2.81. The van der Waals surface area contributed by atoms with Crippen LogP contribution in [0.25, 0.3) is 0 Å². The van der Waals surface area contributed by atoms with Gasteiger partial charge in [0.1, 0.15) is 30.5 Å². The van der Waals surface area contributed by atoms with Crippen LogP contribution in [0.4, 0.5) is 0 Å². The van der Waals surface area contributed by atoms with Crippen LogP contribution in [0.15, 0.2) is 0 Å². The van der Waals surface area contributed by atoms with E-state index in [2.05, 4.69) is 21.3 Å². The highest BCUT2D eigenvalue weighted by Gasteiger charge is 2.33. The Morgan fingerprint density at radius 2 is 1.32 bits per heavy atom. The van der Waals surface area contributed by atoms with Gasteiger partial charge in [-0.3, -0.25) is 24.0 Å². The van der Waals surface area contributed by atoms with Crippen LogP contribution in [-0.4, -0.2) is 89.0 Å². The summed E-state index contributed by atoms with van der Waals surface area (Å²) in [5.74, 6) is -3.82. The minimum Gasteiger partial charge on any atom is -0.394 e. The van der Waals surface area contributed by atoms with E-state index in [0.29, 0.717) is 12.7 Å². The number of nitrogens with two attached hydrogens (primary N) is 2. The van der Waals surface area contributed by atoms with Crippen molar-refractivity contribution in [2.75, 3.05) is 6.61 Å². The van der Waals surface area contributed by atoms with Crippen molar-refractivity contribution in [1.82, 2.24) is 21.3 Å². The van der Waals surface area contributed by atoms with Gasteiger partial charge in [-0.05, 0) is 38.0 Å². The number of hydrogen-bond donors (Lipinski definition) is 8. The Labute approximate surface area is 223 Å². The molecule has 0 saturated carbocycles. The van der Waals surface area contributed by atoms with Crippen molar-refractivity contribution in [1.29, 1.82) is 0 Å². The van der Waals surface area contributed by atoms with Gasteiger partial charge in [-0.25, -0.2) is 0 Å². The molecule has 0 bridgehead atoms. The van der Waals surface area contributed by atoms with E-state index < -0.39 is 72.5 Å². The summed E-state index contributed by atoms with van der Waals surface area (Å²) in [7, 11) is 0. The van der Waals surface area contributed by atoms with E-state index >= 15 is 0 Å². The lowest BCUT2D eigenvalue weighted by atomic mass is 10.0. The van der Waals surface area contributed by atoms with E-state index in [1.165, 1.54) is 6.92 Å². The molecule has 0 aromatic heterocycles. The fourth-order valence-electron chi connectivity index (χ4n) is 3.48. The van der Waals surface area contributed by atoms with Crippen molar-refractivity contribution in [3.8, 4) is 0 Å². The number of aliphatic hydroxyl groups excluding tert-OH is 2. The second-order valence-corrected chi connectivity index (χ2v) is 10.2. The highest BCUT2D eigenvalue weighted by Crippen LogP contribution is 2.09. The van der Waals surface area contributed by atoms with Crippen molar-refractivity contribution in [2.24, 2.45) is 23.3 Å². The van der Waals surface area contributed by atoms with Crippen LogP contribution in [0.3, 0.4) is 0 Å². The summed E-state index contributed by atoms with van der Waals surface area (Å²) in [4.78, 5) is 73.4. The number of aliphatic hydroxyl groups is 2. The second kappa shape index (κ2) is 17.4. The van der Waals surface area contributed by atoms with Crippen LogP contribution < -0.4 is 32.7 Å². The summed E-state index contributed by atoms with van der Waals surface area (Å²) in [6, 6.07) is -6.03. The SMILES string of the molecule is CC(C)C[C@H](NC(=O)[C@@H](NC(=O)[C@@H](N)CC(C)C)[C@@H](C)O)C(=O)N[C@@H](CCC(N)=O)C(=O)N[C@H](C=O)CO. The standard InChI is InChI=1S/C24H44N6O8/c1-12(2)8-16(25)21(35)30-20(14(5)33)24(38)29-18(9-13(3)4)23(37)28-17(6-7-19(26)34)22(36)27-15(10-31)11-32/h10,12-18,20,32-33H,6-9,11,25H2,1-5H3,(H2,26,34)(H,27,36)(H,28,37)(H,29,38)(H,30,35)/t14-,15-,16+,17+,18+,20+/m1/s1. The number of amides is 5. The first-order valence-corrected chi connectivity index (χ1v) is 12.6. The number of carbonyl (C=O) groups excluding carboxylic acids is 6. The summed E-state index contributed by atoms with van der Waals surface area (Å²) in [5.41, 5.74) is 11.0. The van der Waals surface area contributed by atoms with Gasteiger partial charge in [-0.1, -0.05) is 27.7 Å². The van der Waals surface area contributed by atoms with Gasteiger partial charge in [-0.15, -0.1) is 0 Å². The predicted molar refractivity (Wildman–Crippen MR) is 138 cm³/mol. The highest BCUT2D eigenvalue weighted by molar-refractivity contribution is 5.95. The van der Waals surface area contributed by atoms with Crippen molar-refractivity contribution >= 4 is 35.8 Å². The third-order valence-electron chi connectivity index (χ3n) is 5.47. The van der Waals surface area contributed by atoms with E-state index in [-0.39, 0.29) is 31.1 Å². The molecule has 0 heterocycles. The maximum absolute atomic E-state index is 13.1. The number of carbonyl (C=O) groups is 6. The third-order valence-corrected chi connectivity index (χ3v) is 5.47. The number of primary amides is 1. The van der Waals surface area contributed by atoms with Crippen molar-refractivity contribution < 1.29 is 39.0 Å². The maximum atomic E-state index is 13.1. The summed E-state index contributed by atoms with van der Waals surface area (Å²) in [6.45, 7) is 7.95. The molecule has 0 saturated heterocycles. The molecule has 0 aliphatic heterocycles. The van der Waals surface area contributed by atoms with Crippen LogP contribution in [-0.2, 0) is 28.8 Å². The smallest absolute Gasteiger partial charge is 0.245 e. The van der Waals surface area contributed by atoms with Gasteiger partial charge in [-0.2, -0.15) is 0 Å². The Morgan fingerprint density at radius 3 is 1.76 bits per heavy atom. The second-order valence-electron chi connectivity index (χ2n) is 10.2. The maximum Gasteiger partial charge on any atom is 0.245 e. The molecule has 0 aromatic rings. The Balaban J connectivity index is 5.72. The Bertz CT molecular complexity index is 820. The molecule has 5 amide bonds. The minimum atomic E-state index is -1.41. The molecular weight excluding hydrogens is 500 g/mol. The van der Waals surface area contributed by atoms with Crippen molar-refractivity contribution in [3.05, 3.63) is 0 Å². The van der Waals surface area contributed by atoms with Gasteiger partial charge in [0, 0.05) is 6.42 Å². The zero-order chi connectivity index (χ0) is 29.6. The third kappa shape index (κ3) is 13.4. The fraction of sp³-hybridized carbons (Fsp3) is 0.750. The zero-order valence-electron chi connectivity index (χ0n) is 22.7. The normalized spacial score (nSPS) is 15.9. The first-order chi connectivity index (χ1) is 17.6. The predicted octanol–water partition coefficient (Wildman–Crippen LogP) is -2.82. The summed E-state index contributed by atoms with van der Waals surface area (Å²) >= 11 is 0. The lowest BCUT2D eigenvalue weighted by Crippen LogP contribution is -2.60. The van der Waals surface area contributed by atoms with Gasteiger partial charge in [0.2, 0.25) is 29.5 Å². The van der Waals surface area contributed by atoms with Gasteiger partial charge >= 0.3 is 0 Å². The first-order valence-electron chi connectivity index (χ1n) is 12.6. The van der Waals surface area contributed by atoms with Crippen LogP contribution in [0, 0.1) is 11.8 Å². The minimum absolute atomic E-state index is 0.100.